The average molecular weight is 706 g/mol. The smallest absolute Gasteiger partial charge is 0.210 e. The molecule has 0 saturated carbocycles. The third-order valence-corrected chi connectivity index (χ3v) is 11.7. The minimum atomic E-state index is -0.129. The van der Waals surface area contributed by atoms with Gasteiger partial charge in [-0.05, 0) is 116 Å². The van der Waals surface area contributed by atoms with Crippen molar-refractivity contribution >= 4 is 58.0 Å². The fourth-order valence-corrected chi connectivity index (χ4v) is 9.05. The first-order valence-corrected chi connectivity index (χ1v) is 20.1. The summed E-state index contributed by atoms with van der Waals surface area (Å²) in [4.78, 5) is 2.57. The highest BCUT2D eigenvalue weighted by atomic mass is 32.2. The van der Waals surface area contributed by atoms with Crippen molar-refractivity contribution in [3.63, 3.8) is 0 Å². The highest BCUT2D eigenvalue weighted by Gasteiger charge is 2.45. The maximum Gasteiger partial charge on any atom is 0.210 e. The second-order valence-electron chi connectivity index (χ2n) is 14.5. The lowest BCUT2D eigenvalue weighted by Crippen LogP contribution is -2.28. The number of benzene rings is 3. The lowest BCUT2D eigenvalue weighted by molar-refractivity contribution is -0.438. The minimum absolute atomic E-state index is 0.0825. The van der Waals surface area contributed by atoms with E-state index in [2.05, 4.69) is 140 Å². The fourth-order valence-electron chi connectivity index (χ4n) is 8.23. The van der Waals surface area contributed by atoms with E-state index < -0.39 is 0 Å². The van der Waals surface area contributed by atoms with Crippen LogP contribution >= 0.6 is 24.1 Å². The lowest BCUT2D eigenvalue weighted by atomic mass is 9.78. The Bertz CT molecular complexity index is 1880. The van der Waals surface area contributed by atoms with Gasteiger partial charge in [0.1, 0.15) is 6.54 Å². The summed E-state index contributed by atoms with van der Waals surface area (Å²) < 4.78 is 17.0. The van der Waals surface area contributed by atoms with E-state index in [0.29, 0.717) is 0 Å². The molecule has 50 heavy (non-hydrogen) atoms. The standard InChI is InChI=1S/C44H52N2O2S2/c1-43(2)39(45(29-15-17-31-49-47)37-27-25-33-19-11-13-21-35(33)41(37)43)23-9-7-6-8-10-24-40-44(3,4)42-36-22-14-12-20-34(36)26-28-38(42)46(40)30-16-18-32-50-48-5/h6-11,13-14,19,21-28H,12,15-18,20,29-32H2,1-5H3/p+1. The van der Waals surface area contributed by atoms with E-state index in [1.807, 2.05) is 0 Å². The summed E-state index contributed by atoms with van der Waals surface area (Å²) in [6, 6.07) is 18.0. The summed E-state index contributed by atoms with van der Waals surface area (Å²) in [7, 11) is 1.75. The molecule has 0 spiro atoms. The van der Waals surface area contributed by atoms with Crippen LogP contribution in [0, 0.1) is 0 Å². The summed E-state index contributed by atoms with van der Waals surface area (Å²) >= 11 is 2.49. The van der Waals surface area contributed by atoms with Crippen LogP contribution in [0.2, 0.25) is 0 Å². The third kappa shape index (κ3) is 7.36. The molecule has 6 heteroatoms. The maximum absolute atomic E-state index is 9.28. The Labute approximate surface area is 308 Å². The number of hydrogen-bond donors (Lipinski definition) is 1. The van der Waals surface area contributed by atoms with Gasteiger partial charge in [-0.3, -0.25) is 0 Å². The van der Waals surface area contributed by atoms with Crippen molar-refractivity contribution in [1.29, 1.82) is 0 Å². The van der Waals surface area contributed by atoms with E-state index in [1.54, 1.807) is 19.2 Å². The molecule has 1 N–H and O–H groups in total. The van der Waals surface area contributed by atoms with Crippen LogP contribution in [0.5, 0.6) is 0 Å². The second-order valence-corrected chi connectivity index (χ2v) is 16.2. The monoisotopic (exact) mass is 705 g/mol. The van der Waals surface area contributed by atoms with Crippen molar-refractivity contribution in [2.75, 3.05) is 36.6 Å². The summed E-state index contributed by atoms with van der Waals surface area (Å²) in [6.45, 7) is 11.4. The number of hydrogen-bond acceptors (Lipinski definition) is 5. The molecule has 2 aliphatic heterocycles. The first kappa shape index (κ1) is 36.5. The van der Waals surface area contributed by atoms with Gasteiger partial charge >= 0.3 is 0 Å². The Balaban J connectivity index is 1.23. The quantitative estimate of drug-likeness (QED) is 0.0737. The number of anilines is 1. The van der Waals surface area contributed by atoms with Crippen molar-refractivity contribution in [2.24, 2.45) is 0 Å². The molecule has 0 bridgehead atoms. The van der Waals surface area contributed by atoms with Gasteiger partial charge in [0.2, 0.25) is 5.69 Å². The highest BCUT2D eigenvalue weighted by molar-refractivity contribution is 7.94. The maximum atomic E-state index is 9.28. The third-order valence-electron chi connectivity index (χ3n) is 10.6. The molecule has 0 amide bonds. The number of rotatable bonds is 15. The molecule has 3 aliphatic rings. The molecule has 262 valence electrons. The zero-order valence-electron chi connectivity index (χ0n) is 30.5. The molecule has 2 heterocycles. The van der Waals surface area contributed by atoms with Crippen molar-refractivity contribution < 1.29 is 13.3 Å². The van der Waals surface area contributed by atoms with Crippen LogP contribution in [-0.4, -0.2) is 46.5 Å². The molecule has 0 unspecified atom stereocenters. The van der Waals surface area contributed by atoms with Crippen LogP contribution in [0.4, 0.5) is 11.4 Å². The summed E-state index contributed by atoms with van der Waals surface area (Å²) in [5.41, 5.74) is 10.9. The molecule has 0 radical (unpaired) electrons. The molecule has 0 saturated heterocycles. The van der Waals surface area contributed by atoms with Gasteiger partial charge in [-0.25, -0.2) is 0 Å². The highest BCUT2D eigenvalue weighted by Crippen LogP contribution is 2.51. The predicted octanol–water partition coefficient (Wildman–Crippen LogP) is 11.6. The van der Waals surface area contributed by atoms with Crippen LogP contribution < -0.4 is 4.90 Å². The van der Waals surface area contributed by atoms with Gasteiger partial charge in [-0.15, -0.1) is 0 Å². The van der Waals surface area contributed by atoms with Gasteiger partial charge in [0.25, 0.3) is 0 Å². The summed E-state index contributed by atoms with van der Waals surface area (Å²) in [6.07, 6.45) is 26.7. The van der Waals surface area contributed by atoms with Crippen LogP contribution in [0.15, 0.2) is 103 Å². The predicted molar refractivity (Wildman–Crippen MR) is 219 cm³/mol. The van der Waals surface area contributed by atoms with Gasteiger partial charge in [-0.1, -0.05) is 86.7 Å². The largest absolute Gasteiger partial charge is 0.344 e. The number of nitrogens with zero attached hydrogens (tertiary/aromatic N) is 2. The zero-order chi connectivity index (χ0) is 35.1. The molecular formula is C44H53N2O2S2+. The van der Waals surface area contributed by atoms with E-state index in [0.717, 1.165) is 75.2 Å². The molecular weight excluding hydrogens is 653 g/mol. The van der Waals surface area contributed by atoms with Crippen LogP contribution in [-0.2, 0) is 21.4 Å². The van der Waals surface area contributed by atoms with Crippen molar-refractivity contribution in [3.05, 3.63) is 125 Å². The number of allylic oxidation sites excluding steroid dienone is 9. The van der Waals surface area contributed by atoms with E-state index in [9.17, 15) is 4.55 Å². The molecule has 0 aromatic heterocycles. The molecule has 6 rings (SSSR count). The van der Waals surface area contributed by atoms with Crippen LogP contribution in [0.25, 0.3) is 16.8 Å². The lowest BCUT2D eigenvalue weighted by Gasteiger charge is -2.27. The van der Waals surface area contributed by atoms with Gasteiger partial charge < -0.3 is 13.6 Å². The SMILES string of the molecule is COSCCCCN1C(=CC=CC=CC=CC2=[N+](CCCCSO)c3ccc4ccccc4c3C2(C)C)C(C)(C)c2c1ccc1c2C=CCC1. The minimum Gasteiger partial charge on any atom is -0.344 e. The van der Waals surface area contributed by atoms with Gasteiger partial charge in [-0.2, -0.15) is 4.58 Å². The summed E-state index contributed by atoms with van der Waals surface area (Å²) in [5.74, 6) is 1.79. The molecule has 1 aliphatic carbocycles. The Kier molecular flexibility index (Phi) is 12.0. The zero-order valence-corrected chi connectivity index (χ0v) is 32.1. The molecule has 4 nitrogen and oxygen atoms in total. The number of unbranched alkanes of at least 4 members (excludes halogenated alkanes) is 2. The Morgan fingerprint density at radius 3 is 2.50 bits per heavy atom. The van der Waals surface area contributed by atoms with E-state index in [-0.39, 0.29) is 10.8 Å². The second kappa shape index (κ2) is 16.4. The van der Waals surface area contributed by atoms with Crippen molar-refractivity contribution in [1.82, 2.24) is 0 Å². The Morgan fingerprint density at radius 2 is 1.66 bits per heavy atom. The number of fused-ring (bicyclic) bond motifs is 6. The van der Waals surface area contributed by atoms with Crippen LogP contribution in [0.3, 0.4) is 0 Å². The average Bonchev–Trinajstić information content (AvgIpc) is 3.47. The Morgan fingerprint density at radius 1 is 0.860 bits per heavy atom. The van der Waals surface area contributed by atoms with Gasteiger partial charge in [0.05, 0.1) is 12.5 Å². The fraction of sp³-hybridized carbons (Fsp3) is 0.386. The van der Waals surface area contributed by atoms with E-state index in [4.69, 9.17) is 4.18 Å². The first-order valence-electron chi connectivity index (χ1n) is 18.2. The normalized spacial score (nSPS) is 18.4. The molecule has 3 aromatic carbocycles. The number of aryl methyl sites for hydroxylation is 1. The summed E-state index contributed by atoms with van der Waals surface area (Å²) in [5, 5.41) is 2.62. The topological polar surface area (TPSA) is 35.7 Å². The van der Waals surface area contributed by atoms with Crippen molar-refractivity contribution in [2.45, 2.75) is 77.0 Å². The van der Waals surface area contributed by atoms with E-state index >= 15 is 0 Å². The van der Waals surface area contributed by atoms with Gasteiger partial charge in [0.15, 0.2) is 5.71 Å². The van der Waals surface area contributed by atoms with Crippen LogP contribution in [0.1, 0.15) is 82.1 Å². The molecule has 0 atom stereocenters. The van der Waals surface area contributed by atoms with Crippen molar-refractivity contribution in [3.8, 4) is 0 Å². The van der Waals surface area contributed by atoms with Gasteiger partial charge in [0, 0.05) is 59.0 Å². The van der Waals surface area contributed by atoms with E-state index in [1.165, 1.54) is 55.8 Å². The Hall–Kier alpha value is -3.29. The first-order chi connectivity index (χ1) is 24.3. The molecule has 3 aromatic rings. The molecule has 0 fully saturated rings.